The van der Waals surface area contributed by atoms with Crippen LogP contribution in [-0.2, 0) is 56.1 Å². The molecule has 0 aliphatic rings. The summed E-state index contributed by atoms with van der Waals surface area (Å²) in [6.45, 7) is -0.337. The number of benzene rings is 2. The lowest BCUT2D eigenvalue weighted by Gasteiger charge is -2.11. The maximum absolute atomic E-state index is 12.4. The summed E-state index contributed by atoms with van der Waals surface area (Å²) >= 11 is 0. The topological polar surface area (TPSA) is 166 Å². The van der Waals surface area contributed by atoms with E-state index in [0.29, 0.717) is 0 Å². The summed E-state index contributed by atoms with van der Waals surface area (Å²) in [5.41, 5.74) is 8.95. The van der Waals surface area contributed by atoms with Crippen molar-refractivity contribution in [1.82, 2.24) is 19.9 Å². The Labute approximate surface area is 328 Å². The Balaban J connectivity index is 0.863. The van der Waals surface area contributed by atoms with Gasteiger partial charge in [0.2, 0.25) is 0 Å². The molecular formula is C44H38N4O9. The first kappa shape index (κ1) is 39.6. The fourth-order valence-corrected chi connectivity index (χ4v) is 5.69. The standard InChI is InChI=1S/C44H38N4O9/c49-41(27-43(51)56-29-31-21-37(33-1-9-45-10-2-33)25-38(22-31)34-3-11-46-12-4-34)54-19-17-53-18-20-55-42(50)28-44(52)57-30-32-23-39(35-5-13-47-14-6-35)26-40(24-32)36-7-15-48-16-8-36/h1-16,21-26H,17-20,27-30H2. The predicted molar refractivity (Wildman–Crippen MR) is 207 cm³/mol. The van der Waals surface area contributed by atoms with Crippen molar-refractivity contribution in [3.05, 3.63) is 146 Å². The number of rotatable bonds is 18. The number of nitrogens with zero attached hydrogens (tertiary/aromatic N) is 4. The summed E-state index contributed by atoms with van der Waals surface area (Å²) in [5.74, 6) is -3.01. The lowest BCUT2D eigenvalue weighted by molar-refractivity contribution is -0.156. The molecule has 13 nitrogen and oxygen atoms in total. The normalized spacial score (nSPS) is 10.7. The minimum absolute atomic E-state index is 0.000000189. The molecular weight excluding hydrogens is 729 g/mol. The Hall–Kier alpha value is -7.12. The fraction of sp³-hybridized carbons (Fsp3) is 0.182. The highest BCUT2D eigenvalue weighted by Crippen LogP contribution is 2.30. The zero-order valence-electron chi connectivity index (χ0n) is 30.8. The molecule has 0 radical (unpaired) electrons. The number of ether oxygens (including phenoxy) is 5. The SMILES string of the molecule is O=C(CC(=O)OCc1cc(-c2ccncc2)cc(-c2ccncc2)c1)OCCOCCOC(=O)CC(=O)OCc1cc(-c2ccncc2)cc(-c2ccncc2)c1. The predicted octanol–water partition coefficient (Wildman–Crippen LogP) is 6.60. The summed E-state index contributed by atoms with van der Waals surface area (Å²) in [6, 6.07) is 26.8. The lowest BCUT2D eigenvalue weighted by atomic mass is 9.97. The molecule has 0 amide bonds. The van der Waals surface area contributed by atoms with Gasteiger partial charge < -0.3 is 23.7 Å². The van der Waals surface area contributed by atoms with Gasteiger partial charge in [0.1, 0.15) is 39.3 Å². The number of pyridine rings is 4. The first-order valence-corrected chi connectivity index (χ1v) is 18.0. The Kier molecular flexibility index (Phi) is 14.3. The van der Waals surface area contributed by atoms with Crippen LogP contribution in [0.4, 0.5) is 0 Å². The molecule has 0 saturated carbocycles. The number of aromatic nitrogens is 4. The molecule has 0 N–H and O–H groups in total. The van der Waals surface area contributed by atoms with E-state index in [4.69, 9.17) is 23.7 Å². The van der Waals surface area contributed by atoms with E-state index in [-0.39, 0.29) is 39.6 Å². The second-order valence-electron chi connectivity index (χ2n) is 12.5. The molecule has 0 spiro atoms. The van der Waals surface area contributed by atoms with Gasteiger partial charge in [-0.25, -0.2) is 0 Å². The van der Waals surface area contributed by atoms with Crippen molar-refractivity contribution >= 4 is 23.9 Å². The molecule has 0 bridgehead atoms. The smallest absolute Gasteiger partial charge is 0.317 e. The van der Waals surface area contributed by atoms with Crippen molar-refractivity contribution in [1.29, 1.82) is 0 Å². The average Bonchev–Trinajstić information content (AvgIpc) is 3.25. The highest BCUT2D eigenvalue weighted by atomic mass is 16.6. The maximum Gasteiger partial charge on any atom is 0.317 e. The minimum Gasteiger partial charge on any atom is -0.463 e. The van der Waals surface area contributed by atoms with E-state index in [0.717, 1.165) is 55.6 Å². The molecule has 0 aliphatic heterocycles. The molecule has 6 aromatic rings. The second kappa shape index (κ2) is 20.5. The van der Waals surface area contributed by atoms with Crippen LogP contribution in [-0.4, -0.2) is 70.2 Å². The molecule has 4 aromatic heterocycles. The van der Waals surface area contributed by atoms with Crippen molar-refractivity contribution in [3.63, 3.8) is 0 Å². The third-order valence-corrected chi connectivity index (χ3v) is 8.40. The van der Waals surface area contributed by atoms with Crippen LogP contribution in [0.1, 0.15) is 24.0 Å². The van der Waals surface area contributed by atoms with E-state index in [2.05, 4.69) is 19.9 Å². The molecule has 6 rings (SSSR count). The van der Waals surface area contributed by atoms with Gasteiger partial charge in [0, 0.05) is 49.6 Å². The van der Waals surface area contributed by atoms with Gasteiger partial charge in [0.15, 0.2) is 0 Å². The minimum atomic E-state index is -0.769. The zero-order chi connectivity index (χ0) is 39.7. The van der Waals surface area contributed by atoms with Crippen molar-refractivity contribution in [2.24, 2.45) is 0 Å². The molecule has 0 atom stereocenters. The molecule has 13 heteroatoms. The van der Waals surface area contributed by atoms with E-state index in [1.165, 1.54) is 0 Å². The average molecular weight is 767 g/mol. The molecule has 4 heterocycles. The Bertz CT molecular complexity index is 1980. The zero-order valence-corrected chi connectivity index (χ0v) is 30.8. The van der Waals surface area contributed by atoms with Crippen LogP contribution in [0, 0.1) is 0 Å². The van der Waals surface area contributed by atoms with Crippen molar-refractivity contribution in [2.75, 3.05) is 26.4 Å². The van der Waals surface area contributed by atoms with Crippen molar-refractivity contribution in [2.45, 2.75) is 26.1 Å². The summed E-state index contributed by atoms with van der Waals surface area (Å²) in [4.78, 5) is 65.7. The molecule has 0 saturated heterocycles. The van der Waals surface area contributed by atoms with E-state index in [1.54, 1.807) is 49.6 Å². The molecule has 2 aromatic carbocycles. The van der Waals surface area contributed by atoms with E-state index >= 15 is 0 Å². The number of hydrogen-bond acceptors (Lipinski definition) is 13. The van der Waals surface area contributed by atoms with Gasteiger partial charge in [-0.05, 0) is 141 Å². The third-order valence-electron chi connectivity index (χ3n) is 8.40. The maximum atomic E-state index is 12.4. The van der Waals surface area contributed by atoms with Gasteiger partial charge in [-0.1, -0.05) is 0 Å². The van der Waals surface area contributed by atoms with Crippen LogP contribution >= 0.6 is 0 Å². The second-order valence-corrected chi connectivity index (χ2v) is 12.5. The quantitative estimate of drug-likeness (QED) is 0.0398. The van der Waals surface area contributed by atoms with Crippen LogP contribution in [0.15, 0.2) is 135 Å². The number of esters is 4. The van der Waals surface area contributed by atoms with Crippen LogP contribution in [0.2, 0.25) is 0 Å². The largest absolute Gasteiger partial charge is 0.463 e. The highest BCUT2D eigenvalue weighted by Gasteiger charge is 2.15. The first-order chi connectivity index (χ1) is 27.9. The van der Waals surface area contributed by atoms with E-state index in [1.807, 2.05) is 84.9 Å². The summed E-state index contributed by atoms with van der Waals surface area (Å²) < 4.78 is 26.3. The molecule has 288 valence electrons. The van der Waals surface area contributed by atoms with Gasteiger partial charge in [0.05, 0.1) is 13.2 Å². The van der Waals surface area contributed by atoms with E-state index < -0.39 is 36.7 Å². The van der Waals surface area contributed by atoms with Gasteiger partial charge in [-0.2, -0.15) is 0 Å². The lowest BCUT2D eigenvalue weighted by Crippen LogP contribution is -2.18. The highest BCUT2D eigenvalue weighted by molar-refractivity contribution is 5.91. The van der Waals surface area contributed by atoms with Crippen LogP contribution < -0.4 is 0 Å². The van der Waals surface area contributed by atoms with Crippen LogP contribution in [0.5, 0.6) is 0 Å². The molecule has 57 heavy (non-hydrogen) atoms. The van der Waals surface area contributed by atoms with E-state index in [9.17, 15) is 19.2 Å². The van der Waals surface area contributed by atoms with Gasteiger partial charge in [-0.3, -0.25) is 39.1 Å². The number of carbonyl (C=O) groups excluding carboxylic acids is 4. The summed E-state index contributed by atoms with van der Waals surface area (Å²) in [5, 5.41) is 0. The first-order valence-electron chi connectivity index (χ1n) is 18.0. The van der Waals surface area contributed by atoms with Crippen LogP contribution in [0.3, 0.4) is 0 Å². The monoisotopic (exact) mass is 766 g/mol. The van der Waals surface area contributed by atoms with Gasteiger partial charge in [0.25, 0.3) is 0 Å². The molecule has 0 unspecified atom stereocenters. The fourth-order valence-electron chi connectivity index (χ4n) is 5.69. The Morgan fingerprint density at radius 3 is 0.930 bits per heavy atom. The number of carbonyl (C=O) groups is 4. The number of hydrogen-bond donors (Lipinski definition) is 0. The third kappa shape index (κ3) is 12.5. The van der Waals surface area contributed by atoms with Crippen molar-refractivity contribution < 1.29 is 42.9 Å². The van der Waals surface area contributed by atoms with Crippen LogP contribution in [0.25, 0.3) is 44.5 Å². The molecule has 0 fully saturated rings. The van der Waals surface area contributed by atoms with Crippen molar-refractivity contribution in [3.8, 4) is 44.5 Å². The molecule has 0 aliphatic carbocycles. The summed E-state index contributed by atoms with van der Waals surface area (Å²) in [6.07, 6.45) is 12.5. The van der Waals surface area contributed by atoms with Gasteiger partial charge >= 0.3 is 23.9 Å². The Morgan fingerprint density at radius 2 is 0.632 bits per heavy atom. The Morgan fingerprint density at radius 1 is 0.351 bits per heavy atom. The van der Waals surface area contributed by atoms with Gasteiger partial charge in [-0.15, -0.1) is 0 Å². The summed E-state index contributed by atoms with van der Waals surface area (Å²) in [7, 11) is 0.